The Hall–Kier alpha value is -3.15. The van der Waals surface area contributed by atoms with Crippen LogP contribution in [0.15, 0.2) is 115 Å². The molecule has 0 aliphatic heterocycles. The van der Waals surface area contributed by atoms with E-state index >= 15 is 0 Å². The molecule has 1 nitrogen and oxygen atoms in total. The average molecular weight is 434 g/mol. The van der Waals surface area contributed by atoms with Crippen LogP contribution >= 0.6 is 0 Å². The van der Waals surface area contributed by atoms with Gasteiger partial charge in [-0.3, -0.25) is 0 Å². The van der Waals surface area contributed by atoms with E-state index in [0.717, 1.165) is 21.1 Å². The number of rotatable bonds is 6. The van der Waals surface area contributed by atoms with Crippen LogP contribution in [0.1, 0.15) is 11.1 Å². The van der Waals surface area contributed by atoms with Crippen LogP contribution in [0.4, 0.5) is 13.2 Å². The molecule has 0 bridgehead atoms. The van der Waals surface area contributed by atoms with E-state index in [1.54, 1.807) is 12.1 Å². The van der Waals surface area contributed by atoms with E-state index in [1.165, 1.54) is 12.1 Å². The molecule has 5 heteroatoms. The second-order valence-corrected chi connectivity index (χ2v) is 11.0. The van der Waals surface area contributed by atoms with Crippen molar-refractivity contribution in [2.24, 2.45) is 0 Å². The topological polar surface area (TPSA) is 12.0 Å². The molecule has 1 N–H and O–H groups in total. The van der Waals surface area contributed by atoms with Crippen molar-refractivity contribution in [3.8, 4) is 0 Å². The van der Waals surface area contributed by atoms with Crippen LogP contribution in [0.2, 0.25) is 0 Å². The molecular weight excluding hydrogens is 411 g/mol. The molecule has 0 fully saturated rings. The number of hydrogen-bond donors (Lipinski definition) is 1. The fraction of sp³-hybridized carbons (Fsp3) is 0.0769. The van der Waals surface area contributed by atoms with Crippen molar-refractivity contribution in [3.63, 3.8) is 0 Å². The quantitative estimate of drug-likeness (QED) is 0.350. The summed E-state index contributed by atoms with van der Waals surface area (Å²) < 4.78 is 39.7. The number of hydrogen-bond acceptors (Lipinski definition) is 1. The molecule has 156 valence electrons. The monoisotopic (exact) mass is 433 g/mol. The van der Waals surface area contributed by atoms with Gasteiger partial charge in [0.25, 0.3) is 0 Å². The summed E-state index contributed by atoms with van der Waals surface area (Å²) in [7, 11) is -2.81. The Bertz CT molecular complexity index is 1060. The molecule has 0 radical (unpaired) electrons. The summed E-state index contributed by atoms with van der Waals surface area (Å²) in [6.45, 7) is 0.609. The minimum atomic E-state index is -4.36. The minimum Gasteiger partial charge on any atom is -0.323 e. The number of halogens is 3. The summed E-state index contributed by atoms with van der Waals surface area (Å²) in [5.41, 5.74) is 0.487. The molecule has 0 atom stereocenters. The van der Waals surface area contributed by atoms with Gasteiger partial charge in [0, 0.05) is 6.54 Å². The predicted octanol–water partition coefficient (Wildman–Crippen LogP) is 4.46. The van der Waals surface area contributed by atoms with Crippen LogP contribution in [0.25, 0.3) is 0 Å². The summed E-state index contributed by atoms with van der Waals surface area (Å²) in [6.07, 6.45) is -4.36. The van der Waals surface area contributed by atoms with E-state index in [0.29, 0.717) is 6.54 Å². The van der Waals surface area contributed by atoms with E-state index in [4.69, 9.17) is 0 Å². The lowest BCUT2D eigenvalue weighted by Gasteiger charge is -2.34. The third-order valence-electron chi connectivity index (χ3n) is 5.46. The van der Waals surface area contributed by atoms with Crippen LogP contribution in [0.3, 0.4) is 0 Å². The second-order valence-electron chi connectivity index (χ2n) is 7.40. The van der Waals surface area contributed by atoms with Crippen LogP contribution in [-0.4, -0.2) is 8.24 Å². The van der Waals surface area contributed by atoms with E-state index in [1.807, 2.05) is 54.6 Å². The molecule has 0 saturated heterocycles. The minimum absolute atomic E-state index is 0.609. The van der Waals surface area contributed by atoms with Gasteiger partial charge in [-0.1, -0.05) is 115 Å². The zero-order valence-electron chi connectivity index (χ0n) is 16.8. The molecule has 0 aromatic heterocycles. The molecule has 0 heterocycles. The summed E-state index contributed by atoms with van der Waals surface area (Å²) in [5.74, 6) is 0. The lowest BCUT2D eigenvalue weighted by atomic mass is 10.2. The van der Waals surface area contributed by atoms with E-state index in [9.17, 15) is 13.2 Å². The van der Waals surface area contributed by atoms with Crippen LogP contribution < -0.4 is 20.5 Å². The normalized spacial score (nSPS) is 12.0. The molecule has 4 aromatic carbocycles. The number of alkyl halides is 3. The Morgan fingerprint density at radius 3 is 1.42 bits per heavy atom. The van der Waals surface area contributed by atoms with Gasteiger partial charge in [0.15, 0.2) is 0 Å². The second kappa shape index (κ2) is 8.92. The van der Waals surface area contributed by atoms with Gasteiger partial charge >= 0.3 is 6.18 Å². The average Bonchev–Trinajstić information content (AvgIpc) is 2.81. The Morgan fingerprint density at radius 2 is 0.968 bits per heavy atom. The van der Waals surface area contributed by atoms with Crippen molar-refractivity contribution >= 4 is 23.8 Å². The molecule has 0 unspecified atom stereocenters. The summed E-state index contributed by atoms with van der Waals surface area (Å²) in [6, 6.07) is 35.8. The fourth-order valence-electron chi connectivity index (χ4n) is 3.92. The van der Waals surface area contributed by atoms with Crippen LogP contribution in [0, 0.1) is 0 Å². The standard InChI is InChI=1S/C26H22F3NSi/c27-26(28,29)22-16-18-25(19-17-22)31(23-12-6-2-7-13-23,24-14-8-3-9-15-24)30-20-21-10-4-1-5-11-21/h1-19,30H,20H2. The maximum absolute atomic E-state index is 13.2. The molecule has 4 aromatic rings. The molecule has 31 heavy (non-hydrogen) atoms. The van der Waals surface area contributed by atoms with Gasteiger partial charge in [0.2, 0.25) is 8.24 Å². The fourth-order valence-corrected chi connectivity index (χ4v) is 8.06. The van der Waals surface area contributed by atoms with Gasteiger partial charge in [-0.15, -0.1) is 0 Å². The Labute approximate surface area is 181 Å². The molecule has 4 rings (SSSR count). The van der Waals surface area contributed by atoms with E-state index < -0.39 is 20.0 Å². The van der Waals surface area contributed by atoms with Gasteiger partial charge in [0.1, 0.15) is 0 Å². The zero-order valence-corrected chi connectivity index (χ0v) is 17.8. The van der Waals surface area contributed by atoms with Crippen molar-refractivity contribution in [1.29, 1.82) is 0 Å². The first kappa shape index (κ1) is 21.1. The third-order valence-corrected chi connectivity index (χ3v) is 9.76. The number of nitrogens with one attached hydrogen (secondary N) is 1. The van der Waals surface area contributed by atoms with E-state index in [-0.39, 0.29) is 0 Å². The largest absolute Gasteiger partial charge is 0.416 e. The highest BCUT2D eigenvalue weighted by molar-refractivity contribution is 7.09. The predicted molar refractivity (Wildman–Crippen MR) is 122 cm³/mol. The van der Waals surface area contributed by atoms with Gasteiger partial charge < -0.3 is 4.98 Å². The van der Waals surface area contributed by atoms with Crippen molar-refractivity contribution in [2.75, 3.05) is 0 Å². The molecule has 0 saturated carbocycles. The van der Waals surface area contributed by atoms with Gasteiger partial charge in [-0.05, 0) is 21.1 Å². The van der Waals surface area contributed by atoms with Crippen LogP contribution in [-0.2, 0) is 12.7 Å². The summed E-state index contributed by atoms with van der Waals surface area (Å²) in [4.78, 5) is 3.81. The smallest absolute Gasteiger partial charge is 0.323 e. The highest BCUT2D eigenvalue weighted by Crippen LogP contribution is 2.28. The molecule has 0 aliphatic carbocycles. The highest BCUT2D eigenvalue weighted by Gasteiger charge is 2.40. The molecule has 0 amide bonds. The van der Waals surface area contributed by atoms with E-state index in [2.05, 4.69) is 41.4 Å². The Kier molecular flexibility index (Phi) is 6.07. The Balaban J connectivity index is 1.89. The number of benzene rings is 4. The van der Waals surface area contributed by atoms with Gasteiger partial charge in [0.05, 0.1) is 5.56 Å². The maximum atomic E-state index is 13.2. The first-order chi connectivity index (χ1) is 15.0. The first-order valence-corrected chi connectivity index (χ1v) is 12.1. The highest BCUT2D eigenvalue weighted by atomic mass is 28.3. The van der Waals surface area contributed by atoms with Gasteiger partial charge in [-0.2, -0.15) is 13.2 Å². The third kappa shape index (κ3) is 4.48. The molecule has 0 aliphatic rings. The van der Waals surface area contributed by atoms with Crippen LogP contribution in [0.5, 0.6) is 0 Å². The maximum Gasteiger partial charge on any atom is 0.416 e. The van der Waals surface area contributed by atoms with Crippen molar-refractivity contribution in [2.45, 2.75) is 12.7 Å². The Morgan fingerprint density at radius 1 is 0.548 bits per heavy atom. The summed E-state index contributed by atoms with van der Waals surface area (Å²) in [5, 5.41) is 3.07. The SMILES string of the molecule is FC(F)(F)c1ccc([Si](NCc2ccccc2)(c2ccccc2)c2ccccc2)cc1. The lowest BCUT2D eigenvalue weighted by molar-refractivity contribution is -0.137. The zero-order chi connectivity index (χ0) is 21.7. The molecular formula is C26H22F3NSi. The molecule has 0 spiro atoms. The lowest BCUT2D eigenvalue weighted by Crippen LogP contribution is -2.76. The van der Waals surface area contributed by atoms with Crippen molar-refractivity contribution in [3.05, 3.63) is 126 Å². The summed E-state index contributed by atoms with van der Waals surface area (Å²) >= 11 is 0. The van der Waals surface area contributed by atoms with Gasteiger partial charge in [-0.25, -0.2) is 0 Å². The van der Waals surface area contributed by atoms with Crippen molar-refractivity contribution < 1.29 is 13.2 Å². The first-order valence-electron chi connectivity index (χ1n) is 10.1. The van der Waals surface area contributed by atoms with Crippen molar-refractivity contribution in [1.82, 2.24) is 4.98 Å².